The average molecular weight is 400 g/mol. The van der Waals surface area contributed by atoms with E-state index in [0.29, 0.717) is 12.2 Å². The number of amides is 1. The van der Waals surface area contributed by atoms with Crippen LogP contribution >= 0.6 is 0 Å². The van der Waals surface area contributed by atoms with Crippen molar-refractivity contribution < 1.29 is 19.2 Å². The quantitative estimate of drug-likeness (QED) is 0.735. The van der Waals surface area contributed by atoms with E-state index in [4.69, 9.17) is 4.52 Å². The fourth-order valence-electron chi connectivity index (χ4n) is 4.43. The molecule has 2 aromatic rings. The summed E-state index contributed by atoms with van der Waals surface area (Å²) in [6, 6.07) is 5.08. The molecule has 0 unspecified atom stereocenters. The summed E-state index contributed by atoms with van der Waals surface area (Å²) in [5, 5.41) is 16.9. The van der Waals surface area contributed by atoms with Crippen LogP contribution in [0.3, 0.4) is 0 Å². The predicted octanol–water partition coefficient (Wildman–Crippen LogP) is 2.56. The Morgan fingerprint density at radius 1 is 1.45 bits per heavy atom. The number of aryl methyl sites for hydroxylation is 1. The fraction of sp³-hybridized carbons (Fsp3) is 0.524. The summed E-state index contributed by atoms with van der Waals surface area (Å²) in [5.41, 5.74) is 0.460. The van der Waals surface area contributed by atoms with Crippen LogP contribution in [0.5, 0.6) is 0 Å². The Balaban J connectivity index is 1.91. The average Bonchev–Trinajstić information content (AvgIpc) is 3.22. The second-order valence-corrected chi connectivity index (χ2v) is 8.24. The van der Waals surface area contributed by atoms with Crippen molar-refractivity contribution in [1.29, 1.82) is 0 Å². The van der Waals surface area contributed by atoms with Crippen LogP contribution < -0.4 is 5.32 Å². The van der Waals surface area contributed by atoms with Crippen LogP contribution in [-0.2, 0) is 16.1 Å². The van der Waals surface area contributed by atoms with Gasteiger partial charge < -0.3 is 14.9 Å². The summed E-state index contributed by atoms with van der Waals surface area (Å²) in [6.07, 6.45) is 4.06. The van der Waals surface area contributed by atoms with Gasteiger partial charge in [0.1, 0.15) is 5.54 Å². The van der Waals surface area contributed by atoms with Gasteiger partial charge in [0.25, 0.3) is 0 Å². The molecule has 1 aliphatic rings. The zero-order valence-corrected chi connectivity index (χ0v) is 17.3. The van der Waals surface area contributed by atoms with E-state index in [0.717, 1.165) is 11.3 Å². The van der Waals surface area contributed by atoms with Gasteiger partial charge in [-0.3, -0.25) is 19.5 Å². The number of nitrogens with one attached hydrogen (secondary N) is 1. The third kappa shape index (κ3) is 4.17. The Bertz CT molecular complexity index is 867. The standard InChI is InChI=1S/C21H28N4O4/c1-13(2)9-21(20(27)28)10-17(18(25(21)4)15-6-5-7-22-11-15)19(26)23-12-16-8-14(3)24-29-16/h5-8,11,13,17-18H,9-10,12H2,1-4H3,(H,23,26)(H,27,28)/t17-,18-,21-/m1/s1. The first-order chi connectivity index (χ1) is 13.7. The van der Waals surface area contributed by atoms with Gasteiger partial charge in [-0.2, -0.15) is 0 Å². The molecule has 8 nitrogen and oxygen atoms in total. The Morgan fingerprint density at radius 2 is 2.21 bits per heavy atom. The first-order valence-electron chi connectivity index (χ1n) is 9.81. The summed E-state index contributed by atoms with van der Waals surface area (Å²) < 4.78 is 5.16. The minimum atomic E-state index is -1.11. The van der Waals surface area contributed by atoms with Crippen molar-refractivity contribution in [3.8, 4) is 0 Å². The molecule has 0 radical (unpaired) electrons. The van der Waals surface area contributed by atoms with E-state index in [1.807, 2.05) is 31.7 Å². The molecular formula is C21H28N4O4. The Kier molecular flexibility index (Phi) is 6.02. The zero-order chi connectivity index (χ0) is 21.2. The lowest BCUT2D eigenvalue weighted by Gasteiger charge is -2.36. The summed E-state index contributed by atoms with van der Waals surface area (Å²) >= 11 is 0. The van der Waals surface area contributed by atoms with E-state index < -0.39 is 17.4 Å². The lowest BCUT2D eigenvalue weighted by atomic mass is 9.83. The van der Waals surface area contributed by atoms with Crippen molar-refractivity contribution in [1.82, 2.24) is 20.4 Å². The summed E-state index contributed by atoms with van der Waals surface area (Å²) in [5.74, 6) is -0.896. The van der Waals surface area contributed by atoms with Gasteiger partial charge in [0.2, 0.25) is 5.91 Å². The van der Waals surface area contributed by atoms with E-state index in [9.17, 15) is 14.7 Å². The number of aromatic nitrogens is 2. The third-order valence-electron chi connectivity index (χ3n) is 5.65. The summed E-state index contributed by atoms with van der Waals surface area (Å²) in [4.78, 5) is 31.5. The smallest absolute Gasteiger partial charge is 0.324 e. The van der Waals surface area contributed by atoms with Crippen molar-refractivity contribution in [2.45, 2.75) is 51.7 Å². The molecule has 3 rings (SSSR count). The molecule has 0 aliphatic carbocycles. The second kappa shape index (κ2) is 8.32. The molecule has 0 saturated carbocycles. The zero-order valence-electron chi connectivity index (χ0n) is 17.3. The molecule has 156 valence electrons. The number of hydrogen-bond donors (Lipinski definition) is 2. The van der Waals surface area contributed by atoms with E-state index in [1.54, 1.807) is 31.6 Å². The van der Waals surface area contributed by atoms with Crippen LogP contribution in [-0.4, -0.2) is 44.6 Å². The number of likely N-dealkylation sites (tertiary alicyclic amines) is 1. The molecule has 1 amide bonds. The molecule has 1 saturated heterocycles. The number of nitrogens with zero attached hydrogens (tertiary/aromatic N) is 3. The molecular weight excluding hydrogens is 372 g/mol. The van der Waals surface area contributed by atoms with Gasteiger partial charge in [-0.1, -0.05) is 25.1 Å². The van der Waals surface area contributed by atoms with Crippen LogP contribution in [0.15, 0.2) is 35.1 Å². The number of carbonyl (C=O) groups is 2. The van der Waals surface area contributed by atoms with E-state index in [1.165, 1.54) is 0 Å². The van der Waals surface area contributed by atoms with Crippen LogP contribution in [0.2, 0.25) is 0 Å². The summed E-state index contributed by atoms with van der Waals surface area (Å²) in [6.45, 7) is 6.02. The number of carboxylic acid groups (broad SMARTS) is 1. The Morgan fingerprint density at radius 3 is 2.76 bits per heavy atom. The van der Waals surface area contributed by atoms with Crippen LogP contribution in [0, 0.1) is 18.8 Å². The maximum atomic E-state index is 13.1. The second-order valence-electron chi connectivity index (χ2n) is 8.24. The molecule has 2 aromatic heterocycles. The number of carboxylic acids is 1. The lowest BCUT2D eigenvalue weighted by molar-refractivity contribution is -0.151. The van der Waals surface area contributed by atoms with Gasteiger partial charge in [-0.15, -0.1) is 0 Å². The molecule has 2 N–H and O–H groups in total. The van der Waals surface area contributed by atoms with Gasteiger partial charge >= 0.3 is 5.97 Å². The van der Waals surface area contributed by atoms with E-state index >= 15 is 0 Å². The molecule has 3 atom stereocenters. The van der Waals surface area contributed by atoms with Crippen molar-refractivity contribution in [3.63, 3.8) is 0 Å². The number of carbonyl (C=O) groups excluding carboxylic acids is 1. The minimum absolute atomic E-state index is 0.169. The third-order valence-corrected chi connectivity index (χ3v) is 5.65. The normalized spacial score (nSPS) is 24.7. The topological polar surface area (TPSA) is 109 Å². The highest BCUT2D eigenvalue weighted by Gasteiger charge is 2.57. The highest BCUT2D eigenvalue weighted by molar-refractivity contribution is 5.85. The SMILES string of the molecule is Cc1cc(CNC(=O)[C@@H]2C[C@](CC(C)C)(C(=O)O)N(C)[C@@H]2c2cccnc2)on1. The van der Waals surface area contributed by atoms with Gasteiger partial charge in [-0.25, -0.2) is 0 Å². The predicted molar refractivity (Wildman–Crippen MR) is 106 cm³/mol. The highest BCUT2D eigenvalue weighted by atomic mass is 16.5. The van der Waals surface area contributed by atoms with Gasteiger partial charge in [0.15, 0.2) is 5.76 Å². The van der Waals surface area contributed by atoms with Crippen molar-refractivity contribution in [2.24, 2.45) is 11.8 Å². The van der Waals surface area contributed by atoms with Crippen molar-refractivity contribution >= 4 is 11.9 Å². The number of likely N-dealkylation sites (N-methyl/N-ethyl adjacent to an activating group) is 1. The molecule has 1 fully saturated rings. The maximum absolute atomic E-state index is 13.1. The maximum Gasteiger partial charge on any atom is 0.324 e. The van der Waals surface area contributed by atoms with Crippen molar-refractivity contribution in [3.05, 3.63) is 47.6 Å². The van der Waals surface area contributed by atoms with E-state index in [2.05, 4.69) is 15.5 Å². The first kappa shape index (κ1) is 21.0. The van der Waals surface area contributed by atoms with Crippen LogP contribution in [0.25, 0.3) is 0 Å². The molecule has 0 spiro atoms. The summed E-state index contributed by atoms with van der Waals surface area (Å²) in [7, 11) is 1.79. The minimum Gasteiger partial charge on any atom is -0.480 e. The number of aliphatic carboxylic acids is 1. The molecule has 0 bridgehead atoms. The van der Waals surface area contributed by atoms with Gasteiger partial charge in [-0.05, 0) is 44.4 Å². The van der Waals surface area contributed by atoms with Gasteiger partial charge in [0, 0.05) is 24.5 Å². The van der Waals surface area contributed by atoms with Crippen LogP contribution in [0.4, 0.5) is 0 Å². The number of hydrogen-bond acceptors (Lipinski definition) is 6. The largest absolute Gasteiger partial charge is 0.480 e. The Labute approximate surface area is 170 Å². The van der Waals surface area contributed by atoms with Crippen molar-refractivity contribution in [2.75, 3.05) is 7.05 Å². The molecule has 0 aromatic carbocycles. The molecule has 3 heterocycles. The fourth-order valence-corrected chi connectivity index (χ4v) is 4.43. The number of rotatable bonds is 7. The highest BCUT2D eigenvalue weighted by Crippen LogP contribution is 2.48. The Hall–Kier alpha value is -2.74. The molecule has 1 aliphatic heterocycles. The monoisotopic (exact) mass is 400 g/mol. The van der Waals surface area contributed by atoms with Crippen LogP contribution in [0.1, 0.15) is 49.7 Å². The molecule has 8 heteroatoms. The van der Waals surface area contributed by atoms with E-state index in [-0.39, 0.29) is 30.8 Å². The van der Waals surface area contributed by atoms with Gasteiger partial charge in [0.05, 0.1) is 18.2 Å². The first-order valence-corrected chi connectivity index (χ1v) is 9.81. The number of pyridine rings is 1. The molecule has 29 heavy (non-hydrogen) atoms. The lowest BCUT2D eigenvalue weighted by Crippen LogP contribution is -2.50.